The zero-order valence-corrected chi connectivity index (χ0v) is 18.3. The molecule has 1 aliphatic rings. The first-order valence-electron chi connectivity index (χ1n) is 10.8. The molecule has 4 rings (SSSR count). The van der Waals surface area contributed by atoms with E-state index in [1.807, 2.05) is 92.7 Å². The van der Waals surface area contributed by atoms with Crippen LogP contribution in [0.3, 0.4) is 0 Å². The summed E-state index contributed by atoms with van der Waals surface area (Å²) in [5.41, 5.74) is 4.33. The van der Waals surface area contributed by atoms with E-state index in [1.54, 1.807) is 0 Å². The van der Waals surface area contributed by atoms with E-state index < -0.39 is 0 Å². The number of hydrogen-bond acceptors (Lipinski definition) is 4. The minimum Gasteiger partial charge on any atom is -0.494 e. The molecule has 0 fully saturated rings. The van der Waals surface area contributed by atoms with Crippen LogP contribution < -0.4 is 10.1 Å². The molecule has 32 heavy (non-hydrogen) atoms. The van der Waals surface area contributed by atoms with Crippen molar-refractivity contribution in [2.24, 2.45) is 0 Å². The van der Waals surface area contributed by atoms with E-state index in [0.717, 1.165) is 22.6 Å². The number of rotatable bonds is 8. The van der Waals surface area contributed by atoms with Crippen LogP contribution in [0.15, 0.2) is 84.6 Å². The Morgan fingerprint density at radius 2 is 1.53 bits per heavy atom. The lowest BCUT2D eigenvalue weighted by atomic mass is 10.0. The fourth-order valence-corrected chi connectivity index (χ4v) is 3.71. The minimum absolute atomic E-state index is 0.287. The Bertz CT molecular complexity index is 1130. The molecule has 0 unspecified atom stereocenters. The number of nitrogens with zero attached hydrogens (tertiary/aromatic N) is 1. The highest BCUT2D eigenvalue weighted by Crippen LogP contribution is 2.31. The predicted molar refractivity (Wildman–Crippen MR) is 126 cm³/mol. The average molecular weight is 427 g/mol. The van der Waals surface area contributed by atoms with Crippen LogP contribution in [0.2, 0.25) is 0 Å². The minimum atomic E-state index is -0.310. The van der Waals surface area contributed by atoms with Gasteiger partial charge in [-0.05, 0) is 55.7 Å². The summed E-state index contributed by atoms with van der Waals surface area (Å²) in [5.74, 6) is 0.127. The Morgan fingerprint density at radius 1 is 0.844 bits per heavy atom. The molecule has 0 aliphatic carbocycles. The van der Waals surface area contributed by atoms with Gasteiger partial charge in [-0.1, -0.05) is 60.2 Å². The van der Waals surface area contributed by atoms with E-state index in [2.05, 4.69) is 5.32 Å². The molecule has 5 nitrogen and oxygen atoms in total. The first-order chi connectivity index (χ1) is 15.6. The second-order valence-electron chi connectivity index (χ2n) is 7.70. The summed E-state index contributed by atoms with van der Waals surface area (Å²) in [6.07, 6.45) is 0.604. The molecule has 0 atom stereocenters. The summed E-state index contributed by atoms with van der Waals surface area (Å²) >= 11 is 0. The lowest BCUT2D eigenvalue weighted by Crippen LogP contribution is -2.34. The van der Waals surface area contributed by atoms with Crippen molar-refractivity contribution in [3.05, 3.63) is 101 Å². The molecule has 3 aromatic carbocycles. The molecule has 1 heterocycles. The zero-order valence-electron chi connectivity index (χ0n) is 18.3. The fourth-order valence-electron chi connectivity index (χ4n) is 3.71. The normalized spacial score (nSPS) is 13.6. The van der Waals surface area contributed by atoms with E-state index in [9.17, 15) is 9.59 Å². The summed E-state index contributed by atoms with van der Waals surface area (Å²) in [6.45, 7) is 4.81. The molecule has 162 valence electrons. The van der Waals surface area contributed by atoms with Gasteiger partial charge in [0, 0.05) is 12.2 Å². The van der Waals surface area contributed by atoms with Crippen molar-refractivity contribution >= 4 is 23.1 Å². The smallest absolute Gasteiger partial charge is 0.278 e. The average Bonchev–Trinajstić information content (AvgIpc) is 3.04. The molecule has 2 amide bonds. The van der Waals surface area contributed by atoms with Gasteiger partial charge in [0.25, 0.3) is 11.8 Å². The SMILES string of the molecule is CCOc1ccc(C2=C(Nc3ccc(C)cc3)C(=O)N(CCc3ccccc3)C2=O)cc1. The number of imide groups is 1. The van der Waals surface area contributed by atoms with Crippen LogP contribution in [0, 0.1) is 6.92 Å². The molecule has 1 N–H and O–H groups in total. The van der Waals surface area contributed by atoms with Crippen LogP contribution in [-0.4, -0.2) is 29.9 Å². The van der Waals surface area contributed by atoms with E-state index >= 15 is 0 Å². The molecule has 0 bridgehead atoms. The highest BCUT2D eigenvalue weighted by Gasteiger charge is 2.38. The number of carbonyl (C=O) groups excluding carboxylic acids is 2. The number of ether oxygens (including phenoxy) is 1. The fraction of sp³-hybridized carbons (Fsp3) is 0.185. The highest BCUT2D eigenvalue weighted by molar-refractivity contribution is 6.36. The van der Waals surface area contributed by atoms with Crippen LogP contribution in [0.4, 0.5) is 5.69 Å². The van der Waals surface area contributed by atoms with Gasteiger partial charge >= 0.3 is 0 Å². The Morgan fingerprint density at radius 3 is 2.19 bits per heavy atom. The third kappa shape index (κ3) is 4.57. The second-order valence-corrected chi connectivity index (χ2v) is 7.70. The van der Waals surface area contributed by atoms with E-state index in [1.165, 1.54) is 4.90 Å². The van der Waals surface area contributed by atoms with Crippen molar-refractivity contribution in [2.75, 3.05) is 18.5 Å². The molecule has 0 radical (unpaired) electrons. The maximum atomic E-state index is 13.4. The Labute approximate surface area is 188 Å². The molecule has 0 spiro atoms. The predicted octanol–water partition coefficient (Wildman–Crippen LogP) is 4.83. The lowest BCUT2D eigenvalue weighted by Gasteiger charge is -2.15. The highest BCUT2D eigenvalue weighted by atomic mass is 16.5. The second kappa shape index (κ2) is 9.52. The van der Waals surface area contributed by atoms with Gasteiger partial charge in [-0.2, -0.15) is 0 Å². The van der Waals surface area contributed by atoms with Crippen LogP contribution in [-0.2, 0) is 16.0 Å². The third-order valence-electron chi connectivity index (χ3n) is 5.41. The Kier molecular flexibility index (Phi) is 6.36. The third-order valence-corrected chi connectivity index (χ3v) is 5.41. The van der Waals surface area contributed by atoms with E-state index in [4.69, 9.17) is 4.74 Å². The Balaban J connectivity index is 1.65. The van der Waals surface area contributed by atoms with Crippen molar-refractivity contribution < 1.29 is 14.3 Å². The topological polar surface area (TPSA) is 58.6 Å². The summed E-state index contributed by atoms with van der Waals surface area (Å²) in [7, 11) is 0. The summed E-state index contributed by atoms with van der Waals surface area (Å²) < 4.78 is 5.52. The number of benzene rings is 3. The maximum absolute atomic E-state index is 13.4. The molecule has 0 aromatic heterocycles. The van der Waals surface area contributed by atoms with E-state index in [0.29, 0.717) is 36.4 Å². The largest absolute Gasteiger partial charge is 0.494 e. The molecule has 0 saturated heterocycles. The van der Waals surface area contributed by atoms with E-state index in [-0.39, 0.29) is 11.8 Å². The first-order valence-corrected chi connectivity index (χ1v) is 10.8. The van der Waals surface area contributed by atoms with Crippen molar-refractivity contribution in [1.82, 2.24) is 4.90 Å². The van der Waals surface area contributed by atoms with Crippen molar-refractivity contribution in [1.29, 1.82) is 0 Å². The van der Waals surface area contributed by atoms with Gasteiger partial charge in [0.2, 0.25) is 0 Å². The van der Waals surface area contributed by atoms with Gasteiger partial charge in [-0.25, -0.2) is 0 Å². The standard InChI is InChI=1S/C27H26N2O3/c1-3-32-23-15-11-21(12-16-23)24-25(28-22-13-9-19(2)10-14-22)27(31)29(26(24)30)18-17-20-7-5-4-6-8-20/h4-16,28H,3,17-18H2,1-2H3. The molecule has 5 heteroatoms. The first kappa shape index (κ1) is 21.4. The summed E-state index contributed by atoms with van der Waals surface area (Å²) in [4.78, 5) is 28.0. The lowest BCUT2D eigenvalue weighted by molar-refractivity contribution is -0.136. The number of hydrogen-bond donors (Lipinski definition) is 1. The molecular formula is C27H26N2O3. The Hall–Kier alpha value is -3.86. The van der Waals surface area contributed by atoms with Gasteiger partial charge < -0.3 is 10.1 Å². The van der Waals surface area contributed by atoms with Crippen LogP contribution in [0.25, 0.3) is 5.57 Å². The monoisotopic (exact) mass is 426 g/mol. The number of carbonyl (C=O) groups is 2. The van der Waals surface area contributed by atoms with Gasteiger partial charge in [-0.15, -0.1) is 0 Å². The van der Waals surface area contributed by atoms with Crippen molar-refractivity contribution in [2.45, 2.75) is 20.3 Å². The van der Waals surface area contributed by atoms with Gasteiger partial charge in [0.15, 0.2) is 0 Å². The number of anilines is 1. The number of nitrogens with one attached hydrogen (secondary N) is 1. The molecule has 0 saturated carbocycles. The van der Waals surface area contributed by atoms with Gasteiger partial charge in [-0.3, -0.25) is 14.5 Å². The number of amides is 2. The molecule has 1 aliphatic heterocycles. The quantitative estimate of drug-likeness (QED) is 0.524. The van der Waals surface area contributed by atoms with Crippen LogP contribution >= 0.6 is 0 Å². The zero-order chi connectivity index (χ0) is 22.5. The van der Waals surface area contributed by atoms with Crippen molar-refractivity contribution in [3.63, 3.8) is 0 Å². The molecule has 3 aromatic rings. The molecular weight excluding hydrogens is 400 g/mol. The number of aryl methyl sites for hydroxylation is 1. The summed E-state index contributed by atoms with van der Waals surface area (Å²) in [6, 6.07) is 24.9. The van der Waals surface area contributed by atoms with Crippen LogP contribution in [0.1, 0.15) is 23.6 Å². The summed E-state index contributed by atoms with van der Waals surface area (Å²) in [5, 5.41) is 3.20. The maximum Gasteiger partial charge on any atom is 0.278 e. The van der Waals surface area contributed by atoms with Gasteiger partial charge in [0.1, 0.15) is 11.4 Å². The van der Waals surface area contributed by atoms with Crippen LogP contribution in [0.5, 0.6) is 5.75 Å². The van der Waals surface area contributed by atoms with Gasteiger partial charge in [0.05, 0.1) is 12.2 Å². The van der Waals surface area contributed by atoms with Crippen molar-refractivity contribution in [3.8, 4) is 5.75 Å².